The summed E-state index contributed by atoms with van der Waals surface area (Å²) in [6.07, 6.45) is 0.912. The average molecular weight is 476 g/mol. The number of rotatable bonds is 3. The quantitative estimate of drug-likeness (QED) is 0.661. The number of anilines is 1. The van der Waals surface area contributed by atoms with Gasteiger partial charge in [-0.3, -0.25) is 4.79 Å². The zero-order valence-corrected chi connectivity index (χ0v) is 19.2. The lowest BCUT2D eigenvalue weighted by molar-refractivity contribution is -0.129. The molecule has 2 saturated heterocycles. The van der Waals surface area contributed by atoms with E-state index in [1.165, 1.54) is 23.4 Å². The SMILES string of the molecule is CC(=O)N1CCc2nc(N3CC[C@]4(OCCN4S(=O)(=O)c4ccccc4)C(F)C3)ncc2C1. The second-order valence-electron chi connectivity index (χ2n) is 8.58. The van der Waals surface area contributed by atoms with Gasteiger partial charge in [-0.25, -0.2) is 22.8 Å². The Kier molecular flexibility index (Phi) is 5.58. The Morgan fingerprint density at radius 3 is 2.73 bits per heavy atom. The molecule has 1 unspecified atom stereocenters. The molecule has 2 aromatic rings. The van der Waals surface area contributed by atoms with Crippen molar-refractivity contribution in [2.75, 3.05) is 37.7 Å². The third-order valence-electron chi connectivity index (χ3n) is 6.66. The van der Waals surface area contributed by atoms with Gasteiger partial charge in [0.2, 0.25) is 21.9 Å². The third kappa shape index (κ3) is 3.77. The van der Waals surface area contributed by atoms with Crippen LogP contribution in [0.4, 0.5) is 10.3 Å². The topological polar surface area (TPSA) is 95.9 Å². The predicted octanol–water partition coefficient (Wildman–Crippen LogP) is 1.35. The van der Waals surface area contributed by atoms with Crippen molar-refractivity contribution in [3.63, 3.8) is 0 Å². The van der Waals surface area contributed by atoms with Gasteiger partial charge in [0.15, 0.2) is 11.9 Å². The minimum Gasteiger partial charge on any atom is -0.355 e. The third-order valence-corrected chi connectivity index (χ3v) is 8.60. The Morgan fingerprint density at radius 1 is 1.21 bits per heavy atom. The van der Waals surface area contributed by atoms with Crippen LogP contribution in [0.2, 0.25) is 0 Å². The number of aromatic nitrogens is 2. The number of carbonyl (C=O) groups is 1. The van der Waals surface area contributed by atoms with Crippen molar-refractivity contribution >= 4 is 21.9 Å². The van der Waals surface area contributed by atoms with Crippen LogP contribution < -0.4 is 4.90 Å². The first kappa shape index (κ1) is 22.2. The van der Waals surface area contributed by atoms with Crippen molar-refractivity contribution < 1.29 is 22.3 Å². The van der Waals surface area contributed by atoms with E-state index < -0.39 is 21.9 Å². The number of nitrogens with zero attached hydrogens (tertiary/aromatic N) is 5. The van der Waals surface area contributed by atoms with Crippen LogP contribution in [-0.4, -0.2) is 78.2 Å². The number of amides is 1. The number of benzene rings is 1. The molecule has 0 bridgehead atoms. The van der Waals surface area contributed by atoms with Crippen LogP contribution in [0.5, 0.6) is 0 Å². The Hall–Kier alpha value is -2.63. The molecule has 176 valence electrons. The Labute approximate surface area is 192 Å². The number of alkyl halides is 1. The number of sulfonamides is 1. The second-order valence-corrected chi connectivity index (χ2v) is 10.4. The van der Waals surface area contributed by atoms with Gasteiger partial charge < -0.3 is 14.5 Å². The normalized spacial score (nSPS) is 25.9. The highest BCUT2D eigenvalue weighted by Gasteiger charge is 2.57. The largest absolute Gasteiger partial charge is 0.355 e. The highest BCUT2D eigenvalue weighted by Crippen LogP contribution is 2.40. The van der Waals surface area contributed by atoms with Gasteiger partial charge in [-0.1, -0.05) is 18.2 Å². The number of ether oxygens (including phenoxy) is 1. The average Bonchev–Trinajstić information content (AvgIpc) is 3.26. The number of hydrogen-bond acceptors (Lipinski definition) is 7. The van der Waals surface area contributed by atoms with Crippen molar-refractivity contribution in [3.05, 3.63) is 47.8 Å². The molecule has 3 aliphatic rings. The van der Waals surface area contributed by atoms with Crippen LogP contribution in [0.1, 0.15) is 24.6 Å². The number of hydrogen-bond donors (Lipinski definition) is 0. The fourth-order valence-corrected chi connectivity index (χ4v) is 6.58. The molecule has 2 atom stereocenters. The summed E-state index contributed by atoms with van der Waals surface area (Å²) in [5.41, 5.74) is 0.227. The van der Waals surface area contributed by atoms with Crippen LogP contribution in [0.15, 0.2) is 41.4 Å². The zero-order valence-electron chi connectivity index (χ0n) is 18.4. The van der Waals surface area contributed by atoms with Gasteiger partial charge in [0.1, 0.15) is 0 Å². The Morgan fingerprint density at radius 2 is 2.00 bits per heavy atom. The molecule has 1 spiro atoms. The van der Waals surface area contributed by atoms with Gasteiger partial charge in [0.25, 0.3) is 0 Å². The molecule has 11 heteroatoms. The summed E-state index contributed by atoms with van der Waals surface area (Å²) < 4.78 is 49.2. The van der Waals surface area contributed by atoms with E-state index in [1.54, 1.807) is 34.2 Å². The Bertz CT molecular complexity index is 1160. The van der Waals surface area contributed by atoms with Gasteiger partial charge >= 0.3 is 0 Å². The van der Waals surface area contributed by atoms with Gasteiger partial charge in [0.05, 0.1) is 23.7 Å². The van der Waals surface area contributed by atoms with Gasteiger partial charge in [-0.2, -0.15) is 4.31 Å². The molecule has 3 aliphatic heterocycles. The summed E-state index contributed by atoms with van der Waals surface area (Å²) >= 11 is 0. The highest BCUT2D eigenvalue weighted by atomic mass is 32.2. The number of carbonyl (C=O) groups excluding carboxylic acids is 1. The molecule has 9 nitrogen and oxygen atoms in total. The Balaban J connectivity index is 1.36. The lowest BCUT2D eigenvalue weighted by atomic mass is 9.99. The molecule has 33 heavy (non-hydrogen) atoms. The molecule has 0 N–H and O–H groups in total. The minimum atomic E-state index is -3.90. The number of halogens is 1. The van der Waals surface area contributed by atoms with Crippen molar-refractivity contribution in [1.29, 1.82) is 0 Å². The maximum atomic E-state index is 15.7. The van der Waals surface area contributed by atoms with Crippen LogP contribution in [0.25, 0.3) is 0 Å². The van der Waals surface area contributed by atoms with E-state index in [0.717, 1.165) is 11.3 Å². The predicted molar refractivity (Wildman–Crippen MR) is 118 cm³/mol. The van der Waals surface area contributed by atoms with Gasteiger partial charge in [0, 0.05) is 57.7 Å². The fraction of sp³-hybridized carbons (Fsp3) is 0.500. The van der Waals surface area contributed by atoms with E-state index in [4.69, 9.17) is 4.74 Å². The van der Waals surface area contributed by atoms with Crippen molar-refractivity contribution in [1.82, 2.24) is 19.2 Å². The summed E-state index contributed by atoms with van der Waals surface area (Å²) in [6.45, 7) is 3.15. The molecule has 1 aromatic carbocycles. The van der Waals surface area contributed by atoms with Crippen molar-refractivity contribution in [2.24, 2.45) is 0 Å². The van der Waals surface area contributed by atoms with Crippen molar-refractivity contribution in [2.45, 2.75) is 43.1 Å². The molecule has 5 rings (SSSR count). The highest BCUT2D eigenvalue weighted by molar-refractivity contribution is 7.89. The van der Waals surface area contributed by atoms with Gasteiger partial charge in [-0.05, 0) is 12.1 Å². The lowest BCUT2D eigenvalue weighted by Gasteiger charge is -2.45. The molecule has 2 fully saturated rings. The first-order valence-electron chi connectivity index (χ1n) is 11.0. The molecular weight excluding hydrogens is 449 g/mol. The summed E-state index contributed by atoms with van der Waals surface area (Å²) in [6, 6.07) is 8.06. The molecule has 0 aliphatic carbocycles. The molecule has 1 aromatic heterocycles. The van der Waals surface area contributed by atoms with Crippen molar-refractivity contribution in [3.8, 4) is 0 Å². The standard InChI is InChI=1S/C22H26FN5O4S/c1-16(29)26-9-7-19-17(14-26)13-24-21(25-19)27-10-8-22(20(23)15-27)28(11-12-32-22)33(30,31)18-5-3-2-4-6-18/h2-6,13,20H,7-12,14-15H2,1H3/t20?,22-/m0/s1. The maximum Gasteiger partial charge on any atom is 0.245 e. The van der Waals surface area contributed by atoms with E-state index in [2.05, 4.69) is 9.97 Å². The molecule has 0 radical (unpaired) electrons. The fourth-order valence-electron chi connectivity index (χ4n) is 4.84. The van der Waals surface area contributed by atoms with Crippen LogP contribution >= 0.6 is 0 Å². The second kappa shape index (κ2) is 8.30. The summed E-state index contributed by atoms with van der Waals surface area (Å²) in [4.78, 5) is 24.3. The number of fused-ring (bicyclic) bond motifs is 1. The number of piperidine rings is 1. The van der Waals surface area contributed by atoms with E-state index in [-0.39, 0.29) is 36.9 Å². The monoisotopic (exact) mass is 475 g/mol. The molecule has 4 heterocycles. The summed E-state index contributed by atoms with van der Waals surface area (Å²) in [5.74, 6) is 0.427. The summed E-state index contributed by atoms with van der Waals surface area (Å²) in [7, 11) is -3.90. The van der Waals surface area contributed by atoms with E-state index >= 15 is 4.39 Å². The van der Waals surface area contributed by atoms with Gasteiger partial charge in [-0.15, -0.1) is 0 Å². The van der Waals surface area contributed by atoms with Crippen LogP contribution in [-0.2, 0) is 32.5 Å². The van der Waals surface area contributed by atoms with E-state index in [0.29, 0.717) is 32.0 Å². The van der Waals surface area contributed by atoms with Crippen LogP contribution in [0, 0.1) is 0 Å². The smallest absolute Gasteiger partial charge is 0.245 e. The minimum absolute atomic E-state index is 0.0119. The van der Waals surface area contributed by atoms with E-state index in [9.17, 15) is 13.2 Å². The van der Waals surface area contributed by atoms with E-state index in [1.807, 2.05) is 0 Å². The molecule has 1 amide bonds. The summed E-state index contributed by atoms with van der Waals surface area (Å²) in [5, 5.41) is 0. The first-order valence-corrected chi connectivity index (χ1v) is 12.5. The molecular formula is C22H26FN5O4S. The maximum absolute atomic E-state index is 15.7. The molecule has 0 saturated carbocycles. The lowest BCUT2D eigenvalue weighted by Crippen LogP contribution is -2.62. The zero-order chi connectivity index (χ0) is 23.2. The first-order chi connectivity index (χ1) is 15.8. The van der Waals surface area contributed by atoms with Crippen LogP contribution in [0.3, 0.4) is 0 Å².